The van der Waals surface area contributed by atoms with Crippen LogP contribution in [0.4, 0.5) is 10.1 Å². The van der Waals surface area contributed by atoms with Crippen molar-refractivity contribution < 1.29 is 4.39 Å². The molecule has 0 aliphatic rings. The summed E-state index contributed by atoms with van der Waals surface area (Å²) in [6, 6.07) is 4.64. The zero-order valence-corrected chi connectivity index (χ0v) is 12.3. The Balaban J connectivity index is 2.22. The Morgan fingerprint density at radius 1 is 1.53 bits per heavy atom. The maximum absolute atomic E-state index is 13.5. The number of nitrogens with one attached hydrogen (secondary N) is 1. The summed E-state index contributed by atoms with van der Waals surface area (Å²) in [7, 11) is 1.51. The Kier molecular flexibility index (Phi) is 4.21. The minimum absolute atomic E-state index is 0.0351. The van der Waals surface area contributed by atoms with Gasteiger partial charge >= 0.3 is 0 Å². The van der Waals surface area contributed by atoms with E-state index in [0.717, 1.165) is 9.15 Å². The fraction of sp³-hybridized carbons (Fsp3) is 0.167. The first-order valence-electron chi connectivity index (χ1n) is 5.38. The molecule has 0 aliphatic heterocycles. The van der Waals surface area contributed by atoms with E-state index in [9.17, 15) is 9.18 Å². The van der Waals surface area contributed by atoms with Crippen LogP contribution in [0.15, 0.2) is 33.7 Å². The van der Waals surface area contributed by atoms with Gasteiger partial charge in [0.15, 0.2) is 0 Å². The summed E-state index contributed by atoms with van der Waals surface area (Å²) in [4.78, 5) is 11.6. The SMILES string of the molecule is Cn1ncc(NCc2cc(Br)ccc2F)c(Cl)c1=O. The standard InChI is InChI=1S/C12H10BrClFN3O/c1-18-12(19)11(14)10(6-17-18)16-5-7-4-8(13)2-3-9(7)15/h2-4,6,16H,5H2,1H3. The molecule has 0 amide bonds. The highest BCUT2D eigenvalue weighted by molar-refractivity contribution is 9.10. The molecule has 0 fully saturated rings. The van der Waals surface area contributed by atoms with Crippen LogP contribution in [0.25, 0.3) is 0 Å². The van der Waals surface area contributed by atoms with E-state index in [1.165, 1.54) is 19.3 Å². The van der Waals surface area contributed by atoms with Gasteiger partial charge in [0.2, 0.25) is 0 Å². The van der Waals surface area contributed by atoms with Crippen LogP contribution in [0.1, 0.15) is 5.56 Å². The van der Waals surface area contributed by atoms with Gasteiger partial charge in [-0.3, -0.25) is 4.79 Å². The van der Waals surface area contributed by atoms with Crippen molar-refractivity contribution in [2.45, 2.75) is 6.54 Å². The first-order chi connectivity index (χ1) is 8.99. The van der Waals surface area contributed by atoms with Gasteiger partial charge in [0.25, 0.3) is 5.56 Å². The lowest BCUT2D eigenvalue weighted by Crippen LogP contribution is -2.21. The number of anilines is 1. The van der Waals surface area contributed by atoms with Crippen LogP contribution >= 0.6 is 27.5 Å². The number of nitrogens with zero attached hydrogens (tertiary/aromatic N) is 2. The molecule has 1 aromatic carbocycles. The van der Waals surface area contributed by atoms with E-state index in [1.807, 2.05) is 0 Å². The monoisotopic (exact) mass is 345 g/mol. The van der Waals surface area contributed by atoms with E-state index in [1.54, 1.807) is 12.1 Å². The van der Waals surface area contributed by atoms with E-state index >= 15 is 0 Å². The van der Waals surface area contributed by atoms with Crippen LogP contribution < -0.4 is 10.9 Å². The third-order valence-electron chi connectivity index (χ3n) is 2.56. The number of hydrogen-bond donors (Lipinski definition) is 1. The van der Waals surface area contributed by atoms with Crippen molar-refractivity contribution in [2.24, 2.45) is 7.05 Å². The van der Waals surface area contributed by atoms with Crippen molar-refractivity contribution in [3.63, 3.8) is 0 Å². The Labute approximate surface area is 122 Å². The van der Waals surface area contributed by atoms with Crippen molar-refractivity contribution in [1.29, 1.82) is 0 Å². The molecule has 0 unspecified atom stereocenters. The highest BCUT2D eigenvalue weighted by Gasteiger charge is 2.08. The summed E-state index contributed by atoms with van der Waals surface area (Å²) in [5.74, 6) is -0.330. The Bertz CT molecular complexity index is 675. The summed E-state index contributed by atoms with van der Waals surface area (Å²) >= 11 is 9.17. The van der Waals surface area contributed by atoms with E-state index in [2.05, 4.69) is 26.3 Å². The summed E-state index contributed by atoms with van der Waals surface area (Å²) in [6.07, 6.45) is 1.43. The summed E-state index contributed by atoms with van der Waals surface area (Å²) in [5.41, 5.74) is 0.441. The first-order valence-corrected chi connectivity index (χ1v) is 6.55. The Morgan fingerprint density at radius 2 is 2.26 bits per heavy atom. The largest absolute Gasteiger partial charge is 0.378 e. The lowest BCUT2D eigenvalue weighted by molar-refractivity contribution is 0.612. The molecular weight excluding hydrogens is 337 g/mol. The minimum Gasteiger partial charge on any atom is -0.378 e. The van der Waals surface area contributed by atoms with Crippen LogP contribution in [0.3, 0.4) is 0 Å². The van der Waals surface area contributed by atoms with Crippen molar-refractivity contribution in [2.75, 3.05) is 5.32 Å². The lowest BCUT2D eigenvalue weighted by Gasteiger charge is -2.09. The van der Waals surface area contributed by atoms with Crippen LogP contribution in [-0.4, -0.2) is 9.78 Å². The summed E-state index contributed by atoms with van der Waals surface area (Å²) in [5, 5.41) is 6.78. The van der Waals surface area contributed by atoms with Gasteiger partial charge < -0.3 is 5.32 Å². The third kappa shape index (κ3) is 3.13. The normalized spacial score (nSPS) is 10.5. The van der Waals surface area contributed by atoms with Crippen molar-refractivity contribution in [1.82, 2.24) is 9.78 Å². The van der Waals surface area contributed by atoms with Gasteiger partial charge in [-0.1, -0.05) is 27.5 Å². The van der Waals surface area contributed by atoms with Gasteiger partial charge in [0, 0.05) is 23.6 Å². The van der Waals surface area contributed by atoms with Gasteiger partial charge in [-0.15, -0.1) is 0 Å². The number of aromatic nitrogens is 2. The second-order valence-electron chi connectivity index (χ2n) is 3.89. The van der Waals surface area contributed by atoms with E-state index in [0.29, 0.717) is 11.3 Å². The quantitative estimate of drug-likeness (QED) is 0.929. The molecule has 0 radical (unpaired) electrons. The van der Waals surface area contributed by atoms with E-state index < -0.39 is 5.56 Å². The number of benzene rings is 1. The van der Waals surface area contributed by atoms with Gasteiger partial charge in [0.05, 0.1) is 11.9 Å². The van der Waals surface area contributed by atoms with Gasteiger partial charge in [0.1, 0.15) is 10.8 Å². The lowest BCUT2D eigenvalue weighted by atomic mass is 10.2. The molecule has 19 heavy (non-hydrogen) atoms. The Hall–Kier alpha value is -1.40. The zero-order chi connectivity index (χ0) is 14.0. The van der Waals surface area contributed by atoms with Crippen molar-refractivity contribution >= 4 is 33.2 Å². The third-order valence-corrected chi connectivity index (χ3v) is 3.41. The predicted octanol–water partition coefficient (Wildman–Crippen LogP) is 2.95. The number of halogens is 3. The number of hydrogen-bond acceptors (Lipinski definition) is 3. The van der Waals surface area contributed by atoms with E-state index in [-0.39, 0.29) is 17.4 Å². The average Bonchev–Trinajstić information content (AvgIpc) is 2.39. The maximum Gasteiger partial charge on any atom is 0.287 e. The molecule has 2 rings (SSSR count). The van der Waals surface area contributed by atoms with Crippen LogP contribution in [-0.2, 0) is 13.6 Å². The molecule has 0 bridgehead atoms. The Morgan fingerprint density at radius 3 is 3.00 bits per heavy atom. The van der Waals surface area contributed by atoms with Crippen LogP contribution in [0.2, 0.25) is 5.02 Å². The topological polar surface area (TPSA) is 46.9 Å². The highest BCUT2D eigenvalue weighted by atomic mass is 79.9. The molecule has 7 heteroatoms. The van der Waals surface area contributed by atoms with Crippen molar-refractivity contribution in [3.05, 3.63) is 55.6 Å². The smallest absolute Gasteiger partial charge is 0.287 e. The van der Waals surface area contributed by atoms with Gasteiger partial charge in [-0.2, -0.15) is 5.10 Å². The maximum atomic E-state index is 13.5. The fourth-order valence-corrected chi connectivity index (χ4v) is 2.15. The van der Waals surface area contributed by atoms with Crippen LogP contribution in [0.5, 0.6) is 0 Å². The minimum atomic E-state index is -0.401. The predicted molar refractivity (Wildman–Crippen MR) is 75.9 cm³/mol. The molecule has 0 saturated heterocycles. The summed E-state index contributed by atoms with van der Waals surface area (Å²) in [6.45, 7) is 0.208. The molecule has 1 aromatic heterocycles. The molecule has 2 aromatic rings. The molecule has 1 heterocycles. The molecule has 0 atom stereocenters. The van der Waals surface area contributed by atoms with Crippen LogP contribution in [0, 0.1) is 5.82 Å². The van der Waals surface area contributed by atoms with Gasteiger partial charge in [-0.05, 0) is 18.2 Å². The molecular formula is C12H10BrClFN3O. The zero-order valence-electron chi connectivity index (χ0n) is 9.95. The molecule has 0 aliphatic carbocycles. The molecule has 0 spiro atoms. The summed E-state index contributed by atoms with van der Waals surface area (Å²) < 4.78 is 15.4. The van der Waals surface area contributed by atoms with Crippen molar-refractivity contribution in [3.8, 4) is 0 Å². The first kappa shape index (κ1) is 14.0. The second kappa shape index (κ2) is 5.71. The number of rotatable bonds is 3. The molecule has 4 nitrogen and oxygen atoms in total. The van der Waals surface area contributed by atoms with Gasteiger partial charge in [-0.25, -0.2) is 9.07 Å². The molecule has 100 valence electrons. The molecule has 1 N–H and O–H groups in total. The molecule has 0 saturated carbocycles. The number of aryl methyl sites for hydroxylation is 1. The fourth-order valence-electron chi connectivity index (χ4n) is 1.50. The average molecular weight is 347 g/mol. The van der Waals surface area contributed by atoms with E-state index in [4.69, 9.17) is 11.6 Å². The highest BCUT2D eigenvalue weighted by Crippen LogP contribution is 2.19. The second-order valence-corrected chi connectivity index (χ2v) is 5.18.